The maximum atomic E-state index is 12.7. The van der Waals surface area contributed by atoms with Crippen LogP contribution in [0.25, 0.3) is 0 Å². The van der Waals surface area contributed by atoms with E-state index in [-0.39, 0.29) is 18.5 Å². The highest BCUT2D eigenvalue weighted by molar-refractivity contribution is 7.92. The molecule has 2 rings (SSSR count). The van der Waals surface area contributed by atoms with Gasteiger partial charge in [0.2, 0.25) is 15.9 Å². The van der Waals surface area contributed by atoms with Crippen molar-refractivity contribution in [3.63, 3.8) is 0 Å². The molecule has 1 amide bonds. The van der Waals surface area contributed by atoms with Gasteiger partial charge in [0.25, 0.3) is 0 Å². The Bertz CT molecular complexity index is 941. The zero-order valence-electron chi connectivity index (χ0n) is 17.0. The summed E-state index contributed by atoms with van der Waals surface area (Å²) in [5.41, 5.74) is 3.33. The van der Waals surface area contributed by atoms with E-state index in [2.05, 4.69) is 5.32 Å². The topological polar surface area (TPSA) is 75.7 Å². The molecule has 0 saturated heterocycles. The van der Waals surface area contributed by atoms with Crippen molar-refractivity contribution in [3.05, 3.63) is 59.2 Å². The molecule has 0 aliphatic heterocycles. The standard InChI is InChI=1S/C21H28N2O4S/c1-6-19(17-10-11-20(27-4)16(3)13-17)22-21(24)14-23(28(5,25)26)18-9-7-8-15(2)12-18/h7-13,19H,6,14H2,1-5H3,(H,22,24)/t19-/m0/s1. The molecule has 7 heteroatoms. The summed E-state index contributed by atoms with van der Waals surface area (Å²) in [5.74, 6) is 0.430. The van der Waals surface area contributed by atoms with Gasteiger partial charge >= 0.3 is 0 Å². The number of hydrogen-bond donors (Lipinski definition) is 1. The first-order valence-corrected chi connectivity index (χ1v) is 11.0. The number of nitrogens with zero attached hydrogens (tertiary/aromatic N) is 1. The van der Waals surface area contributed by atoms with Crippen LogP contribution in [0.3, 0.4) is 0 Å². The van der Waals surface area contributed by atoms with Crippen molar-refractivity contribution >= 4 is 21.6 Å². The molecule has 0 unspecified atom stereocenters. The van der Waals surface area contributed by atoms with Gasteiger partial charge in [0.1, 0.15) is 12.3 Å². The van der Waals surface area contributed by atoms with Gasteiger partial charge in [-0.05, 0) is 55.2 Å². The molecular formula is C21H28N2O4S. The first-order valence-electron chi connectivity index (χ1n) is 9.14. The number of rotatable bonds is 8. The van der Waals surface area contributed by atoms with E-state index in [0.29, 0.717) is 12.1 Å². The molecule has 1 atom stereocenters. The molecule has 0 bridgehead atoms. The average molecular weight is 405 g/mol. The lowest BCUT2D eigenvalue weighted by Crippen LogP contribution is -2.41. The van der Waals surface area contributed by atoms with Crippen molar-refractivity contribution in [1.29, 1.82) is 0 Å². The highest BCUT2D eigenvalue weighted by Gasteiger charge is 2.22. The van der Waals surface area contributed by atoms with Crippen LogP contribution in [0.4, 0.5) is 5.69 Å². The van der Waals surface area contributed by atoms with Crippen molar-refractivity contribution in [3.8, 4) is 5.75 Å². The first kappa shape index (κ1) is 21.8. The summed E-state index contributed by atoms with van der Waals surface area (Å²) in [7, 11) is -1.98. The van der Waals surface area contributed by atoms with E-state index in [4.69, 9.17) is 4.74 Å². The molecule has 0 aliphatic rings. The zero-order chi connectivity index (χ0) is 20.9. The molecule has 6 nitrogen and oxygen atoms in total. The quantitative estimate of drug-likeness (QED) is 0.732. The normalized spacial score (nSPS) is 12.3. The molecule has 0 spiro atoms. The molecule has 0 aromatic heterocycles. The van der Waals surface area contributed by atoms with E-state index in [9.17, 15) is 13.2 Å². The second kappa shape index (κ2) is 9.10. The minimum Gasteiger partial charge on any atom is -0.496 e. The van der Waals surface area contributed by atoms with Crippen LogP contribution in [0.5, 0.6) is 5.75 Å². The molecule has 0 aliphatic carbocycles. The van der Waals surface area contributed by atoms with Gasteiger partial charge < -0.3 is 10.1 Å². The first-order chi connectivity index (χ1) is 13.2. The number of anilines is 1. The fraction of sp³-hybridized carbons (Fsp3) is 0.381. The summed E-state index contributed by atoms with van der Waals surface area (Å²) in [6.07, 6.45) is 1.79. The van der Waals surface area contributed by atoms with Crippen LogP contribution < -0.4 is 14.4 Å². The monoisotopic (exact) mass is 404 g/mol. The molecule has 2 aromatic rings. The van der Waals surface area contributed by atoms with Crippen molar-refractivity contribution < 1.29 is 17.9 Å². The Morgan fingerprint density at radius 3 is 2.43 bits per heavy atom. The molecule has 0 fully saturated rings. The van der Waals surface area contributed by atoms with Crippen LogP contribution in [-0.4, -0.2) is 34.2 Å². The Kier molecular flexibility index (Phi) is 7.07. The highest BCUT2D eigenvalue weighted by Crippen LogP contribution is 2.24. The van der Waals surface area contributed by atoms with Gasteiger partial charge in [-0.2, -0.15) is 0 Å². The van der Waals surface area contributed by atoms with Crippen LogP contribution in [-0.2, 0) is 14.8 Å². The van der Waals surface area contributed by atoms with Crippen LogP contribution >= 0.6 is 0 Å². The molecular weight excluding hydrogens is 376 g/mol. The lowest BCUT2D eigenvalue weighted by Gasteiger charge is -2.24. The smallest absolute Gasteiger partial charge is 0.241 e. The predicted octanol–water partition coefficient (Wildman–Crippen LogP) is 3.35. The highest BCUT2D eigenvalue weighted by atomic mass is 32.2. The Morgan fingerprint density at radius 1 is 1.18 bits per heavy atom. The number of aryl methyl sites for hydroxylation is 2. The number of benzene rings is 2. The van der Waals surface area contributed by atoms with E-state index in [1.54, 1.807) is 25.3 Å². The lowest BCUT2D eigenvalue weighted by molar-refractivity contribution is -0.120. The Morgan fingerprint density at radius 2 is 1.89 bits per heavy atom. The van der Waals surface area contributed by atoms with Crippen molar-refractivity contribution in [1.82, 2.24) is 5.32 Å². The van der Waals surface area contributed by atoms with Crippen molar-refractivity contribution in [2.45, 2.75) is 33.2 Å². The third-order valence-electron chi connectivity index (χ3n) is 4.54. The maximum absolute atomic E-state index is 12.7. The Balaban J connectivity index is 2.20. The third kappa shape index (κ3) is 5.48. The summed E-state index contributed by atoms with van der Waals surface area (Å²) >= 11 is 0. The van der Waals surface area contributed by atoms with Crippen LogP contribution in [0.1, 0.15) is 36.1 Å². The van der Waals surface area contributed by atoms with Crippen LogP contribution in [0.2, 0.25) is 0 Å². The van der Waals surface area contributed by atoms with E-state index in [1.165, 1.54) is 0 Å². The minimum absolute atomic E-state index is 0.212. The number of sulfonamides is 1. The second-order valence-corrected chi connectivity index (χ2v) is 8.77. The molecule has 2 aromatic carbocycles. The number of amides is 1. The third-order valence-corrected chi connectivity index (χ3v) is 5.68. The number of carbonyl (C=O) groups excluding carboxylic acids is 1. The summed E-state index contributed by atoms with van der Waals surface area (Å²) in [6, 6.07) is 12.6. The number of methoxy groups -OCH3 is 1. The number of carbonyl (C=O) groups is 1. The summed E-state index contributed by atoms with van der Waals surface area (Å²) < 4.78 is 30.9. The van der Waals surface area contributed by atoms with E-state index in [0.717, 1.165) is 33.0 Å². The largest absolute Gasteiger partial charge is 0.496 e. The Hall–Kier alpha value is -2.54. The van der Waals surface area contributed by atoms with Gasteiger partial charge in [0.15, 0.2) is 0 Å². The van der Waals surface area contributed by atoms with Gasteiger partial charge in [0.05, 0.1) is 25.1 Å². The van der Waals surface area contributed by atoms with Crippen molar-refractivity contribution in [2.75, 3.05) is 24.2 Å². The van der Waals surface area contributed by atoms with Gasteiger partial charge in [-0.15, -0.1) is 0 Å². The SMILES string of the molecule is CC[C@H](NC(=O)CN(c1cccc(C)c1)S(C)(=O)=O)c1ccc(OC)c(C)c1. The minimum atomic E-state index is -3.60. The average Bonchev–Trinajstić information content (AvgIpc) is 2.63. The van der Waals surface area contributed by atoms with Crippen molar-refractivity contribution in [2.24, 2.45) is 0 Å². The molecule has 0 radical (unpaired) electrons. The number of hydrogen-bond acceptors (Lipinski definition) is 4. The number of nitrogens with one attached hydrogen (secondary N) is 1. The van der Waals surface area contributed by atoms with E-state index < -0.39 is 10.0 Å². The molecule has 0 heterocycles. The fourth-order valence-corrected chi connectivity index (χ4v) is 3.94. The second-order valence-electron chi connectivity index (χ2n) is 6.87. The summed E-state index contributed by atoms with van der Waals surface area (Å²) in [4.78, 5) is 12.7. The van der Waals surface area contributed by atoms with Gasteiger partial charge in [-0.3, -0.25) is 9.10 Å². The van der Waals surface area contributed by atoms with Gasteiger partial charge in [-0.1, -0.05) is 31.2 Å². The maximum Gasteiger partial charge on any atom is 0.241 e. The summed E-state index contributed by atoms with van der Waals surface area (Å²) in [6.45, 7) is 5.52. The zero-order valence-corrected chi connectivity index (χ0v) is 17.8. The lowest BCUT2D eigenvalue weighted by atomic mass is 10.0. The predicted molar refractivity (Wildman–Crippen MR) is 112 cm³/mol. The van der Waals surface area contributed by atoms with Crippen LogP contribution in [0, 0.1) is 13.8 Å². The van der Waals surface area contributed by atoms with E-state index in [1.807, 2.05) is 45.0 Å². The van der Waals surface area contributed by atoms with Gasteiger partial charge in [-0.25, -0.2) is 8.42 Å². The summed E-state index contributed by atoms with van der Waals surface area (Å²) in [5, 5.41) is 2.95. The fourth-order valence-electron chi connectivity index (χ4n) is 3.09. The molecule has 0 saturated carbocycles. The molecule has 28 heavy (non-hydrogen) atoms. The Labute approximate surface area is 167 Å². The van der Waals surface area contributed by atoms with Crippen LogP contribution in [0.15, 0.2) is 42.5 Å². The molecule has 152 valence electrons. The number of ether oxygens (including phenoxy) is 1. The molecule has 1 N–H and O–H groups in total. The van der Waals surface area contributed by atoms with Gasteiger partial charge in [0, 0.05) is 0 Å². The van der Waals surface area contributed by atoms with E-state index >= 15 is 0 Å².